The van der Waals surface area contributed by atoms with Gasteiger partial charge < -0.3 is 4.90 Å². The standard InChI is InChI=1S/C23H21ClF3N5S/c1-14-20(29-22(33-14)15-7-5-4-6-8-15)21-28-19(11-12-31(2)3)30-32(21)16-9-10-18(24)17(13-16)23(25,26)27/h4-10,13H,11-12H2,1-3H3. The molecule has 0 spiro atoms. The maximum Gasteiger partial charge on any atom is 0.417 e. The first-order valence-electron chi connectivity index (χ1n) is 10.1. The molecule has 0 saturated carbocycles. The summed E-state index contributed by atoms with van der Waals surface area (Å²) in [5, 5.41) is 4.98. The van der Waals surface area contributed by atoms with E-state index in [0.29, 0.717) is 30.3 Å². The number of alkyl halides is 3. The second-order valence-corrected chi connectivity index (χ2v) is 9.38. The third-order valence-corrected chi connectivity index (χ3v) is 6.31. The van der Waals surface area contributed by atoms with Gasteiger partial charge in [0.25, 0.3) is 0 Å². The summed E-state index contributed by atoms with van der Waals surface area (Å²) in [6, 6.07) is 13.4. The van der Waals surface area contributed by atoms with E-state index in [-0.39, 0.29) is 10.7 Å². The minimum absolute atomic E-state index is 0.221. The number of halogens is 4. The molecule has 10 heteroatoms. The third-order valence-electron chi connectivity index (χ3n) is 4.96. The molecule has 0 bridgehead atoms. The Bertz CT molecular complexity index is 1270. The number of benzene rings is 2. The number of rotatable bonds is 6. The normalized spacial score (nSPS) is 12.0. The predicted molar refractivity (Wildman–Crippen MR) is 125 cm³/mol. The first-order chi connectivity index (χ1) is 15.6. The summed E-state index contributed by atoms with van der Waals surface area (Å²) in [5.74, 6) is 0.922. The largest absolute Gasteiger partial charge is 0.417 e. The Labute approximate surface area is 198 Å². The van der Waals surface area contributed by atoms with Gasteiger partial charge in [-0.05, 0) is 39.2 Å². The van der Waals surface area contributed by atoms with Gasteiger partial charge in [0.2, 0.25) is 0 Å². The van der Waals surface area contributed by atoms with E-state index in [1.807, 2.05) is 56.3 Å². The Kier molecular flexibility index (Phi) is 6.56. The zero-order valence-corrected chi connectivity index (χ0v) is 19.8. The monoisotopic (exact) mass is 491 g/mol. The van der Waals surface area contributed by atoms with Crippen molar-refractivity contribution in [1.29, 1.82) is 0 Å². The lowest BCUT2D eigenvalue weighted by Gasteiger charge is -2.12. The molecule has 4 rings (SSSR count). The highest BCUT2D eigenvalue weighted by atomic mass is 35.5. The molecule has 2 heterocycles. The Hall–Kier alpha value is -2.75. The van der Waals surface area contributed by atoms with E-state index in [9.17, 15) is 13.2 Å². The Morgan fingerprint density at radius 3 is 2.45 bits per heavy atom. The van der Waals surface area contributed by atoms with Crippen LogP contribution in [0.2, 0.25) is 5.02 Å². The minimum atomic E-state index is -4.58. The van der Waals surface area contributed by atoms with Gasteiger partial charge in [-0.15, -0.1) is 11.3 Å². The molecular weight excluding hydrogens is 471 g/mol. The Morgan fingerprint density at radius 2 is 1.79 bits per heavy atom. The van der Waals surface area contributed by atoms with E-state index in [1.54, 1.807) is 0 Å². The van der Waals surface area contributed by atoms with Crippen LogP contribution in [0.3, 0.4) is 0 Å². The first kappa shape index (κ1) is 23.4. The molecule has 172 valence electrons. The van der Waals surface area contributed by atoms with Gasteiger partial charge in [-0.25, -0.2) is 14.6 Å². The number of hydrogen-bond acceptors (Lipinski definition) is 5. The van der Waals surface area contributed by atoms with Crippen molar-refractivity contribution in [2.45, 2.75) is 19.5 Å². The number of nitrogens with zero attached hydrogens (tertiary/aromatic N) is 5. The fourth-order valence-electron chi connectivity index (χ4n) is 3.29. The summed E-state index contributed by atoms with van der Waals surface area (Å²) in [6.45, 7) is 2.62. The van der Waals surface area contributed by atoms with Crippen molar-refractivity contribution in [3.8, 4) is 27.8 Å². The molecule has 0 aliphatic heterocycles. The maximum absolute atomic E-state index is 13.5. The summed E-state index contributed by atoms with van der Waals surface area (Å²) >= 11 is 7.33. The fourth-order valence-corrected chi connectivity index (χ4v) is 4.43. The lowest BCUT2D eigenvalue weighted by molar-refractivity contribution is -0.137. The number of thiazole rings is 1. The molecule has 0 aliphatic carbocycles. The minimum Gasteiger partial charge on any atom is -0.309 e. The second-order valence-electron chi connectivity index (χ2n) is 7.77. The number of aromatic nitrogens is 4. The van der Waals surface area contributed by atoms with Gasteiger partial charge in [-0.3, -0.25) is 0 Å². The summed E-state index contributed by atoms with van der Waals surface area (Å²) < 4.78 is 41.9. The molecule has 0 fully saturated rings. The summed E-state index contributed by atoms with van der Waals surface area (Å²) in [4.78, 5) is 12.3. The van der Waals surface area contributed by atoms with Crippen molar-refractivity contribution in [3.63, 3.8) is 0 Å². The molecule has 0 N–H and O–H groups in total. The second kappa shape index (κ2) is 9.24. The zero-order chi connectivity index (χ0) is 23.8. The van der Waals surface area contributed by atoms with Crippen molar-refractivity contribution in [2.24, 2.45) is 0 Å². The van der Waals surface area contributed by atoms with Crippen LogP contribution in [-0.4, -0.2) is 45.3 Å². The van der Waals surface area contributed by atoms with Gasteiger partial charge in [-0.2, -0.15) is 18.3 Å². The Balaban J connectivity index is 1.85. The molecule has 0 radical (unpaired) electrons. The fraction of sp³-hybridized carbons (Fsp3) is 0.261. The van der Waals surface area contributed by atoms with Crippen LogP contribution >= 0.6 is 22.9 Å². The van der Waals surface area contributed by atoms with Crippen LogP contribution in [0.4, 0.5) is 13.2 Å². The number of hydrogen-bond donors (Lipinski definition) is 0. The van der Waals surface area contributed by atoms with Crippen molar-refractivity contribution >= 4 is 22.9 Å². The average molecular weight is 492 g/mol. The van der Waals surface area contributed by atoms with Gasteiger partial charge in [-0.1, -0.05) is 41.9 Å². The van der Waals surface area contributed by atoms with Crippen molar-refractivity contribution < 1.29 is 13.2 Å². The quantitative estimate of drug-likeness (QED) is 0.325. The van der Waals surface area contributed by atoms with E-state index in [2.05, 4.69) is 10.1 Å². The van der Waals surface area contributed by atoms with Crippen LogP contribution in [0.5, 0.6) is 0 Å². The maximum atomic E-state index is 13.5. The highest BCUT2D eigenvalue weighted by molar-refractivity contribution is 7.15. The third kappa shape index (κ3) is 5.10. The number of likely N-dealkylation sites (N-methyl/N-ethyl adjacent to an activating group) is 1. The Morgan fingerprint density at radius 1 is 1.06 bits per heavy atom. The van der Waals surface area contributed by atoms with Crippen molar-refractivity contribution in [1.82, 2.24) is 24.6 Å². The topological polar surface area (TPSA) is 46.8 Å². The lowest BCUT2D eigenvalue weighted by atomic mass is 10.2. The van der Waals surface area contributed by atoms with E-state index in [4.69, 9.17) is 16.6 Å². The number of aryl methyl sites for hydroxylation is 1. The van der Waals surface area contributed by atoms with Gasteiger partial charge in [0.1, 0.15) is 10.7 Å². The zero-order valence-electron chi connectivity index (χ0n) is 18.2. The van der Waals surface area contributed by atoms with E-state index >= 15 is 0 Å². The average Bonchev–Trinajstić information content (AvgIpc) is 3.36. The molecule has 0 saturated heterocycles. The van der Waals surface area contributed by atoms with Crippen LogP contribution in [0.1, 0.15) is 16.3 Å². The molecule has 0 atom stereocenters. The van der Waals surface area contributed by atoms with E-state index in [1.165, 1.54) is 28.2 Å². The molecule has 33 heavy (non-hydrogen) atoms. The van der Waals surface area contributed by atoms with Crippen LogP contribution in [-0.2, 0) is 12.6 Å². The lowest BCUT2D eigenvalue weighted by Crippen LogP contribution is -2.15. The molecular formula is C23H21ClF3N5S. The smallest absolute Gasteiger partial charge is 0.309 e. The predicted octanol–water partition coefficient (Wildman–Crippen LogP) is 6.14. The van der Waals surface area contributed by atoms with Gasteiger partial charge >= 0.3 is 6.18 Å². The van der Waals surface area contributed by atoms with Crippen LogP contribution < -0.4 is 0 Å². The van der Waals surface area contributed by atoms with Crippen LogP contribution in [0.25, 0.3) is 27.8 Å². The molecule has 2 aromatic heterocycles. The van der Waals surface area contributed by atoms with Crippen molar-refractivity contribution in [3.05, 3.63) is 69.8 Å². The molecule has 0 aliphatic rings. The summed E-state index contributed by atoms with van der Waals surface area (Å²) in [7, 11) is 3.87. The molecule has 2 aromatic carbocycles. The first-order valence-corrected chi connectivity index (χ1v) is 11.3. The summed E-state index contributed by atoms with van der Waals surface area (Å²) in [6.07, 6.45) is -4.04. The highest BCUT2D eigenvalue weighted by Crippen LogP contribution is 2.37. The van der Waals surface area contributed by atoms with Crippen molar-refractivity contribution in [2.75, 3.05) is 20.6 Å². The van der Waals surface area contributed by atoms with Crippen LogP contribution in [0, 0.1) is 6.92 Å². The molecule has 5 nitrogen and oxygen atoms in total. The van der Waals surface area contributed by atoms with E-state index in [0.717, 1.165) is 21.5 Å². The molecule has 4 aromatic rings. The van der Waals surface area contributed by atoms with E-state index < -0.39 is 11.7 Å². The van der Waals surface area contributed by atoms with Gasteiger partial charge in [0, 0.05) is 23.4 Å². The molecule has 0 unspecified atom stereocenters. The molecule has 0 amide bonds. The summed E-state index contributed by atoms with van der Waals surface area (Å²) in [5.41, 5.74) is 0.851. The van der Waals surface area contributed by atoms with Crippen LogP contribution in [0.15, 0.2) is 48.5 Å². The highest BCUT2D eigenvalue weighted by Gasteiger charge is 2.34. The SMILES string of the molecule is Cc1sc(-c2ccccc2)nc1-c1nc(CCN(C)C)nn1-c1ccc(Cl)c(C(F)(F)F)c1. The van der Waals surface area contributed by atoms with Gasteiger partial charge in [0.15, 0.2) is 11.6 Å². The van der Waals surface area contributed by atoms with Gasteiger partial charge in [0.05, 0.1) is 16.3 Å².